The largest absolute Gasteiger partial charge is 0.323 e. The van der Waals surface area contributed by atoms with Crippen LogP contribution in [-0.2, 0) is 9.84 Å². The number of sulfone groups is 1. The molecule has 0 amide bonds. The summed E-state index contributed by atoms with van der Waals surface area (Å²) in [5.74, 6) is -0.626. The molecule has 2 N–H and O–H groups in total. The van der Waals surface area contributed by atoms with Crippen molar-refractivity contribution in [1.82, 2.24) is 0 Å². The Hall–Kier alpha value is -1.72. The molecular weight excluding hydrogens is 277 g/mol. The molecule has 0 aliphatic heterocycles. The van der Waals surface area contributed by atoms with Crippen LogP contribution in [0.1, 0.15) is 17.2 Å². The molecule has 0 saturated heterocycles. The van der Waals surface area contributed by atoms with Crippen LogP contribution in [-0.4, -0.2) is 14.2 Å². The molecule has 2 aromatic rings. The molecule has 1 unspecified atom stereocenters. The van der Waals surface area contributed by atoms with Gasteiger partial charge in [0, 0.05) is 6.04 Å². The van der Waals surface area contributed by atoms with Gasteiger partial charge in [0.25, 0.3) is 0 Å². The van der Waals surface area contributed by atoms with Crippen molar-refractivity contribution in [2.45, 2.75) is 17.9 Å². The lowest BCUT2D eigenvalue weighted by Crippen LogP contribution is -2.22. The van der Waals surface area contributed by atoms with E-state index in [1.807, 2.05) is 18.2 Å². The van der Waals surface area contributed by atoms with Crippen molar-refractivity contribution >= 4 is 9.84 Å². The zero-order valence-electron chi connectivity index (χ0n) is 11.1. The van der Waals surface area contributed by atoms with E-state index in [4.69, 9.17) is 5.73 Å². The maximum absolute atomic E-state index is 13.2. The average Bonchev–Trinajstić information content (AvgIpc) is 2.42. The molecule has 0 saturated carbocycles. The molecule has 0 aliphatic carbocycles. The zero-order valence-corrected chi connectivity index (χ0v) is 11.9. The molecule has 0 heterocycles. The Kier molecular flexibility index (Phi) is 4.20. The van der Waals surface area contributed by atoms with E-state index < -0.39 is 21.7 Å². The Morgan fingerprint density at radius 3 is 2.40 bits per heavy atom. The summed E-state index contributed by atoms with van der Waals surface area (Å²) in [7, 11) is -3.54. The third-order valence-corrected chi connectivity index (χ3v) is 4.89. The number of hydrogen-bond donors (Lipinski definition) is 1. The molecule has 1 atom stereocenters. The molecule has 0 bridgehead atoms. The first-order valence-electron chi connectivity index (χ1n) is 6.19. The number of hydrogen-bond acceptors (Lipinski definition) is 3. The standard InChI is InChI=1S/C15H16FNO2S/c1-11-9-13(7-8-14(11)16)20(18,19)10-15(17)12-5-3-2-4-6-12/h2-9,15H,10,17H2,1H3. The third-order valence-electron chi connectivity index (χ3n) is 3.12. The van der Waals surface area contributed by atoms with Gasteiger partial charge in [0.05, 0.1) is 10.6 Å². The van der Waals surface area contributed by atoms with E-state index in [1.54, 1.807) is 12.1 Å². The zero-order chi connectivity index (χ0) is 14.8. The summed E-state index contributed by atoms with van der Waals surface area (Å²) in [6.45, 7) is 1.53. The van der Waals surface area contributed by atoms with Crippen molar-refractivity contribution in [3.8, 4) is 0 Å². The van der Waals surface area contributed by atoms with E-state index >= 15 is 0 Å². The van der Waals surface area contributed by atoms with Crippen molar-refractivity contribution in [2.75, 3.05) is 5.75 Å². The maximum Gasteiger partial charge on any atom is 0.180 e. The van der Waals surface area contributed by atoms with Gasteiger partial charge in [-0.15, -0.1) is 0 Å². The van der Waals surface area contributed by atoms with Crippen molar-refractivity contribution < 1.29 is 12.8 Å². The van der Waals surface area contributed by atoms with Crippen LogP contribution in [0.3, 0.4) is 0 Å². The highest BCUT2D eigenvalue weighted by molar-refractivity contribution is 7.91. The van der Waals surface area contributed by atoms with E-state index in [-0.39, 0.29) is 10.6 Å². The van der Waals surface area contributed by atoms with Gasteiger partial charge < -0.3 is 5.73 Å². The topological polar surface area (TPSA) is 60.2 Å². The van der Waals surface area contributed by atoms with Gasteiger partial charge in [0.1, 0.15) is 5.82 Å². The first-order valence-corrected chi connectivity index (χ1v) is 7.85. The van der Waals surface area contributed by atoms with E-state index in [0.29, 0.717) is 5.56 Å². The highest BCUT2D eigenvalue weighted by Crippen LogP contribution is 2.20. The molecule has 0 fully saturated rings. The predicted octanol–water partition coefficient (Wildman–Crippen LogP) is 2.61. The van der Waals surface area contributed by atoms with Crippen LogP contribution in [0.15, 0.2) is 53.4 Å². The average molecular weight is 293 g/mol. The minimum absolute atomic E-state index is 0.0998. The van der Waals surface area contributed by atoms with Gasteiger partial charge in [0.15, 0.2) is 9.84 Å². The molecule has 5 heteroatoms. The minimum Gasteiger partial charge on any atom is -0.323 e. The Morgan fingerprint density at radius 2 is 1.80 bits per heavy atom. The minimum atomic E-state index is -3.54. The Balaban J connectivity index is 2.25. The van der Waals surface area contributed by atoms with Gasteiger partial charge in [-0.1, -0.05) is 30.3 Å². The number of benzene rings is 2. The van der Waals surface area contributed by atoms with Crippen LogP contribution in [0.4, 0.5) is 4.39 Å². The van der Waals surface area contributed by atoms with Crippen LogP contribution < -0.4 is 5.73 Å². The van der Waals surface area contributed by atoms with Gasteiger partial charge in [-0.2, -0.15) is 0 Å². The molecule has 0 aromatic heterocycles. The van der Waals surface area contributed by atoms with Crippen molar-refractivity contribution in [2.24, 2.45) is 5.73 Å². The van der Waals surface area contributed by atoms with Crippen LogP contribution in [0.2, 0.25) is 0 Å². The van der Waals surface area contributed by atoms with Crippen LogP contribution >= 0.6 is 0 Å². The molecule has 2 aromatic carbocycles. The molecule has 0 aliphatic rings. The van der Waals surface area contributed by atoms with E-state index in [1.165, 1.54) is 19.1 Å². The molecule has 106 valence electrons. The quantitative estimate of drug-likeness (QED) is 0.881. The summed E-state index contributed by atoms with van der Waals surface area (Å²) in [5.41, 5.74) is 7.00. The van der Waals surface area contributed by atoms with E-state index in [0.717, 1.165) is 11.6 Å². The fraction of sp³-hybridized carbons (Fsp3) is 0.200. The van der Waals surface area contributed by atoms with Gasteiger partial charge >= 0.3 is 0 Å². The second-order valence-corrected chi connectivity index (χ2v) is 6.74. The fourth-order valence-corrected chi connectivity index (χ4v) is 3.43. The Bertz CT molecular complexity index is 699. The number of rotatable bonds is 4. The molecule has 2 rings (SSSR count). The lowest BCUT2D eigenvalue weighted by atomic mass is 10.1. The predicted molar refractivity (Wildman–Crippen MR) is 76.6 cm³/mol. The van der Waals surface area contributed by atoms with Crippen molar-refractivity contribution in [3.63, 3.8) is 0 Å². The molecule has 3 nitrogen and oxygen atoms in total. The Morgan fingerprint density at radius 1 is 1.15 bits per heavy atom. The monoisotopic (exact) mass is 293 g/mol. The summed E-state index contributed by atoms with van der Waals surface area (Å²) in [4.78, 5) is 0.0998. The summed E-state index contributed by atoms with van der Waals surface area (Å²) in [6, 6.07) is 12.2. The molecular formula is C15H16FNO2S. The van der Waals surface area contributed by atoms with Gasteiger partial charge in [-0.3, -0.25) is 0 Å². The number of halogens is 1. The van der Waals surface area contributed by atoms with Crippen LogP contribution in [0, 0.1) is 12.7 Å². The molecule has 20 heavy (non-hydrogen) atoms. The number of aryl methyl sites for hydroxylation is 1. The van der Waals surface area contributed by atoms with E-state index in [9.17, 15) is 12.8 Å². The maximum atomic E-state index is 13.2. The van der Waals surface area contributed by atoms with Gasteiger partial charge in [0.2, 0.25) is 0 Å². The lowest BCUT2D eigenvalue weighted by Gasteiger charge is -2.13. The Labute approximate surface area is 118 Å². The highest BCUT2D eigenvalue weighted by Gasteiger charge is 2.20. The van der Waals surface area contributed by atoms with Crippen LogP contribution in [0.25, 0.3) is 0 Å². The second-order valence-electron chi connectivity index (χ2n) is 4.71. The van der Waals surface area contributed by atoms with Crippen molar-refractivity contribution in [3.05, 3.63) is 65.5 Å². The first kappa shape index (κ1) is 14.7. The summed E-state index contributed by atoms with van der Waals surface area (Å²) in [5, 5.41) is 0. The van der Waals surface area contributed by atoms with Gasteiger partial charge in [-0.25, -0.2) is 12.8 Å². The summed E-state index contributed by atoms with van der Waals surface area (Å²) in [6.07, 6.45) is 0. The van der Waals surface area contributed by atoms with Gasteiger partial charge in [-0.05, 0) is 36.2 Å². The lowest BCUT2D eigenvalue weighted by molar-refractivity contribution is 0.587. The highest BCUT2D eigenvalue weighted by atomic mass is 32.2. The van der Waals surface area contributed by atoms with Crippen LogP contribution in [0.5, 0.6) is 0 Å². The molecule has 0 radical (unpaired) electrons. The normalized spacial score (nSPS) is 13.2. The third kappa shape index (κ3) is 3.23. The van der Waals surface area contributed by atoms with Crippen molar-refractivity contribution in [1.29, 1.82) is 0 Å². The molecule has 0 spiro atoms. The summed E-state index contributed by atoms with van der Waals surface area (Å²) >= 11 is 0. The SMILES string of the molecule is Cc1cc(S(=O)(=O)CC(N)c2ccccc2)ccc1F. The van der Waals surface area contributed by atoms with E-state index in [2.05, 4.69) is 0 Å². The first-order chi connectivity index (χ1) is 9.40. The fourth-order valence-electron chi connectivity index (χ4n) is 1.94. The number of nitrogens with two attached hydrogens (primary N) is 1. The second kappa shape index (κ2) is 5.73. The summed E-state index contributed by atoms with van der Waals surface area (Å²) < 4.78 is 37.7. The smallest absolute Gasteiger partial charge is 0.180 e.